The van der Waals surface area contributed by atoms with Gasteiger partial charge in [0, 0.05) is 51.7 Å². The maximum atomic E-state index is 6.14. The number of hydrogen-bond donors (Lipinski definition) is 0. The largest absolute Gasteiger partial charge is 0.500 e. The maximum absolute atomic E-state index is 6.14. The van der Waals surface area contributed by atoms with Gasteiger partial charge in [-0.2, -0.15) is 0 Å². The number of hydrogen-bond acceptors (Lipinski definition) is 8. The second-order valence-electron chi connectivity index (χ2n) is 12.1. The van der Waals surface area contributed by atoms with Crippen molar-refractivity contribution in [3.05, 3.63) is 0 Å². The van der Waals surface area contributed by atoms with Gasteiger partial charge in [-0.1, -0.05) is 32.6 Å². The molecular formula is C32H68O6S8Si2. The fraction of sp³-hybridized carbons (Fsp3) is 1.00. The molecule has 48 heavy (non-hydrogen) atoms. The molecule has 1 aliphatic carbocycles. The molecule has 0 heterocycles. The van der Waals surface area contributed by atoms with Crippen molar-refractivity contribution in [2.24, 2.45) is 17.8 Å². The predicted octanol–water partition coefficient (Wildman–Crippen LogP) is 8.02. The molecule has 0 N–H and O–H groups in total. The summed E-state index contributed by atoms with van der Waals surface area (Å²) >= 11 is 10.8. The topological polar surface area (TPSA) is 55.4 Å². The lowest BCUT2D eigenvalue weighted by Crippen LogP contribution is -2.46. The molecule has 16 heteroatoms. The molecular weight excluding hydrogens is 793 g/mol. The minimum Gasteiger partial charge on any atom is -0.374 e. The lowest BCUT2D eigenvalue weighted by Gasteiger charge is -2.37. The highest BCUT2D eigenvalue weighted by Crippen LogP contribution is 2.40. The van der Waals surface area contributed by atoms with Crippen LogP contribution in [0.3, 0.4) is 0 Å². The smallest absolute Gasteiger partial charge is 0.374 e. The van der Waals surface area contributed by atoms with E-state index in [1.807, 2.05) is 59.3 Å². The average Bonchev–Trinajstić information content (AvgIpc) is 3.06. The first-order valence-corrected chi connectivity index (χ1v) is 32.6. The second-order valence-corrected chi connectivity index (χ2v) is 30.8. The van der Waals surface area contributed by atoms with E-state index in [2.05, 4.69) is 6.92 Å². The van der Waals surface area contributed by atoms with E-state index in [9.17, 15) is 0 Å². The molecule has 1 rings (SSSR count). The van der Waals surface area contributed by atoms with Crippen LogP contribution in [0.1, 0.15) is 113 Å². The first kappa shape index (κ1) is 48.2. The fourth-order valence-corrected chi connectivity index (χ4v) is 26.1. The first-order chi connectivity index (χ1) is 23.3. The fourth-order valence-electron chi connectivity index (χ4n) is 6.80. The van der Waals surface area contributed by atoms with Crippen LogP contribution >= 0.6 is 0 Å². The third-order valence-electron chi connectivity index (χ3n) is 8.79. The highest BCUT2D eigenvalue weighted by Gasteiger charge is 2.40. The van der Waals surface area contributed by atoms with E-state index in [-0.39, 0.29) is 18.9 Å². The lowest BCUT2D eigenvalue weighted by molar-refractivity contribution is 0.0704. The van der Waals surface area contributed by atoms with E-state index >= 15 is 0 Å². The van der Waals surface area contributed by atoms with Crippen molar-refractivity contribution in [3.63, 3.8) is 0 Å². The standard InChI is InChI=1S/C32H68O6S8Si2/c1-8-15-18-30-19-20-31(21-25-45(43-41-39)23-16-27-47(33-9-2,34-10-3)35-11-4)32(29-30)22-26-46(44-42-40)24-17-28-48(36-12-5,37-13-6)38-14-7/h30-32H,8-29H2,1-7H3. The zero-order chi connectivity index (χ0) is 35.5. The molecule has 0 spiro atoms. The second kappa shape index (κ2) is 30.5. The van der Waals surface area contributed by atoms with Crippen LogP contribution in [0.2, 0.25) is 12.1 Å². The molecule has 1 aliphatic rings. The van der Waals surface area contributed by atoms with Gasteiger partial charge in [-0.3, -0.25) is 0 Å². The molecule has 0 aromatic heterocycles. The molecule has 0 amide bonds. The van der Waals surface area contributed by atoms with E-state index in [4.69, 9.17) is 48.9 Å². The first-order valence-electron chi connectivity index (χ1n) is 18.5. The molecule has 1 saturated carbocycles. The Labute approximate surface area is 323 Å². The number of unbranched alkanes of at least 4 members (excludes halogenated alkanes) is 1. The van der Waals surface area contributed by atoms with Gasteiger partial charge in [-0.25, -0.2) is 0 Å². The summed E-state index contributed by atoms with van der Waals surface area (Å²) in [6, 6.07) is 1.79. The van der Waals surface area contributed by atoms with Crippen LogP contribution < -0.4 is 0 Å². The summed E-state index contributed by atoms with van der Waals surface area (Å²) in [4.78, 5) is 0. The van der Waals surface area contributed by atoms with Gasteiger partial charge in [0.2, 0.25) is 0 Å². The predicted molar refractivity (Wildman–Crippen MR) is 232 cm³/mol. The highest BCUT2D eigenvalue weighted by molar-refractivity contribution is 8.58. The van der Waals surface area contributed by atoms with Gasteiger partial charge in [0.15, 0.2) is 0 Å². The van der Waals surface area contributed by atoms with Crippen LogP contribution in [-0.4, -0.2) is 80.3 Å². The van der Waals surface area contributed by atoms with Crippen molar-refractivity contribution >= 4 is 94.4 Å². The van der Waals surface area contributed by atoms with Crippen molar-refractivity contribution < 1.29 is 26.6 Å². The van der Waals surface area contributed by atoms with Gasteiger partial charge in [-0.15, -0.1) is 18.9 Å². The molecule has 288 valence electrons. The molecule has 0 saturated heterocycles. The van der Waals surface area contributed by atoms with Gasteiger partial charge in [-0.05, 0) is 179 Å². The molecule has 0 aliphatic heterocycles. The third-order valence-corrected chi connectivity index (χ3v) is 29.4. The van der Waals surface area contributed by atoms with Gasteiger partial charge in [0.1, 0.15) is 0 Å². The van der Waals surface area contributed by atoms with Crippen molar-refractivity contribution in [1.29, 1.82) is 0 Å². The molecule has 1 fully saturated rings. The van der Waals surface area contributed by atoms with Gasteiger partial charge in [0.25, 0.3) is 0 Å². The van der Waals surface area contributed by atoms with Gasteiger partial charge >= 0.3 is 17.6 Å². The quantitative estimate of drug-likeness (QED) is 0.0702. The van der Waals surface area contributed by atoms with E-state index in [0.29, 0.717) is 39.6 Å². The Balaban J connectivity index is 2.95. The minimum absolute atomic E-state index is 0.241. The summed E-state index contributed by atoms with van der Waals surface area (Å²) in [5.41, 5.74) is 0. The SMILES string of the molecule is CCCCC1CCC(CCS(CCC[Si](OCC)(OCC)OCC)=S=S=S)C(CCS(CCC[Si](OCC)(OCC)OCC)=S=S=S)C1. The lowest BCUT2D eigenvalue weighted by atomic mass is 9.70. The van der Waals surface area contributed by atoms with E-state index < -0.39 is 17.6 Å². The third kappa shape index (κ3) is 20.1. The normalized spacial score (nSPS) is 19.9. The molecule has 0 radical (unpaired) electrons. The minimum atomic E-state index is -2.60. The Kier molecular flexibility index (Phi) is 30.7. The van der Waals surface area contributed by atoms with Gasteiger partial charge < -0.3 is 26.6 Å². The van der Waals surface area contributed by atoms with Crippen LogP contribution in [0.4, 0.5) is 0 Å². The molecule has 0 bridgehead atoms. The molecule has 5 unspecified atom stereocenters. The zero-order valence-corrected chi connectivity index (χ0v) is 39.5. The van der Waals surface area contributed by atoms with E-state index in [0.717, 1.165) is 42.7 Å². The van der Waals surface area contributed by atoms with E-state index in [1.54, 1.807) is 0 Å². The summed E-state index contributed by atoms with van der Waals surface area (Å²) in [5.74, 6) is 7.40. The van der Waals surface area contributed by atoms with Crippen LogP contribution in [0.5, 0.6) is 0 Å². The Bertz CT molecular complexity index is 1020. The van der Waals surface area contributed by atoms with Gasteiger partial charge in [0.05, 0.1) is 0 Å². The summed E-state index contributed by atoms with van der Waals surface area (Å²) in [5, 5.41) is 0. The highest BCUT2D eigenvalue weighted by atomic mass is 33.2. The monoisotopic (exact) mass is 860 g/mol. The Morgan fingerprint density at radius 3 is 1.33 bits per heavy atom. The Hall–Kier alpha value is 2.21. The zero-order valence-electron chi connectivity index (χ0n) is 31.0. The Morgan fingerprint density at radius 1 is 0.542 bits per heavy atom. The molecule has 5 atom stereocenters. The molecule has 0 aromatic carbocycles. The molecule has 6 nitrogen and oxygen atoms in total. The van der Waals surface area contributed by atoms with Crippen molar-refractivity contribution in [1.82, 2.24) is 0 Å². The van der Waals surface area contributed by atoms with Crippen LogP contribution in [0.25, 0.3) is 0 Å². The summed E-state index contributed by atoms with van der Waals surface area (Å²) in [6.07, 6.45) is 13.1. The van der Waals surface area contributed by atoms with Crippen molar-refractivity contribution in [3.8, 4) is 0 Å². The summed E-state index contributed by atoms with van der Waals surface area (Å²) in [6.45, 7) is 18.4. The van der Waals surface area contributed by atoms with Crippen LogP contribution in [-0.2, 0) is 103 Å². The summed E-state index contributed by atoms with van der Waals surface area (Å²) in [7, 11) is 2.19. The Morgan fingerprint density at radius 2 is 0.958 bits per heavy atom. The average molecular weight is 862 g/mol. The molecule has 0 aromatic rings. The van der Waals surface area contributed by atoms with E-state index in [1.165, 1.54) is 92.1 Å². The maximum Gasteiger partial charge on any atom is 0.500 e. The van der Waals surface area contributed by atoms with Crippen LogP contribution in [0.15, 0.2) is 0 Å². The number of rotatable bonds is 29. The van der Waals surface area contributed by atoms with Crippen LogP contribution in [0, 0.1) is 17.8 Å². The van der Waals surface area contributed by atoms with Crippen molar-refractivity contribution in [2.45, 2.75) is 125 Å². The summed E-state index contributed by atoms with van der Waals surface area (Å²) < 4.78 is 36.8. The van der Waals surface area contributed by atoms with Crippen molar-refractivity contribution in [2.75, 3.05) is 62.7 Å².